The Kier molecular flexibility index (Phi) is 5.86. The molecule has 0 aliphatic rings. The van der Waals surface area contributed by atoms with E-state index >= 15 is 0 Å². The Morgan fingerprint density at radius 3 is 2.43 bits per heavy atom. The van der Waals surface area contributed by atoms with Crippen molar-refractivity contribution in [3.8, 4) is 11.5 Å². The Balaban J connectivity index is 1.92. The molecule has 2 aromatic carbocycles. The number of hydrogen-bond acceptors (Lipinski definition) is 4. The third kappa shape index (κ3) is 4.63. The van der Waals surface area contributed by atoms with E-state index < -0.39 is 0 Å². The van der Waals surface area contributed by atoms with Gasteiger partial charge in [0, 0.05) is 3.57 Å². The van der Waals surface area contributed by atoms with Crippen molar-refractivity contribution in [3.63, 3.8) is 0 Å². The van der Waals surface area contributed by atoms with E-state index in [0.717, 1.165) is 22.6 Å². The molecular weight excluding hydrogens is 379 g/mol. The van der Waals surface area contributed by atoms with Gasteiger partial charge >= 0.3 is 0 Å². The minimum absolute atomic E-state index is 0.626. The maximum absolute atomic E-state index is 5.27. The number of rotatable bonds is 6. The summed E-state index contributed by atoms with van der Waals surface area (Å²) in [7, 11) is 3.26. The second kappa shape index (κ2) is 7.87. The van der Waals surface area contributed by atoms with E-state index in [2.05, 4.69) is 45.3 Å². The zero-order chi connectivity index (χ0) is 15.1. The molecule has 0 saturated carbocycles. The van der Waals surface area contributed by atoms with Crippen LogP contribution in [0.15, 0.2) is 47.6 Å². The summed E-state index contributed by atoms with van der Waals surface area (Å²) < 4.78 is 11.7. The van der Waals surface area contributed by atoms with Crippen LogP contribution in [0.1, 0.15) is 11.1 Å². The largest absolute Gasteiger partial charge is 0.493 e. The van der Waals surface area contributed by atoms with Crippen molar-refractivity contribution in [2.24, 2.45) is 5.10 Å². The molecule has 0 aliphatic heterocycles. The highest BCUT2D eigenvalue weighted by molar-refractivity contribution is 14.1. The van der Waals surface area contributed by atoms with Gasteiger partial charge in [0.15, 0.2) is 11.5 Å². The molecule has 0 saturated heterocycles. The molecule has 0 amide bonds. The lowest BCUT2D eigenvalue weighted by Crippen LogP contribution is -2.06. The Morgan fingerprint density at radius 2 is 1.76 bits per heavy atom. The number of nitrogens with zero attached hydrogens (tertiary/aromatic N) is 1. The van der Waals surface area contributed by atoms with E-state index in [0.29, 0.717) is 6.54 Å². The lowest BCUT2D eigenvalue weighted by atomic mass is 10.2. The van der Waals surface area contributed by atoms with Crippen molar-refractivity contribution < 1.29 is 9.47 Å². The molecule has 0 fully saturated rings. The van der Waals surface area contributed by atoms with Crippen LogP contribution < -0.4 is 14.9 Å². The minimum Gasteiger partial charge on any atom is -0.493 e. The first-order chi connectivity index (χ1) is 10.2. The summed E-state index contributed by atoms with van der Waals surface area (Å²) >= 11 is 2.28. The second-order valence-corrected chi connectivity index (χ2v) is 5.58. The zero-order valence-corrected chi connectivity index (χ0v) is 14.1. The summed E-state index contributed by atoms with van der Waals surface area (Å²) in [6.07, 6.45) is 1.80. The van der Waals surface area contributed by atoms with Crippen LogP contribution in [0.3, 0.4) is 0 Å². The van der Waals surface area contributed by atoms with Gasteiger partial charge in [0.05, 0.1) is 27.0 Å². The summed E-state index contributed by atoms with van der Waals surface area (Å²) in [5.74, 6) is 1.45. The number of benzene rings is 2. The maximum atomic E-state index is 5.27. The average Bonchev–Trinajstić information content (AvgIpc) is 2.53. The van der Waals surface area contributed by atoms with Crippen molar-refractivity contribution >= 4 is 28.8 Å². The van der Waals surface area contributed by atoms with Gasteiger partial charge in [-0.25, -0.2) is 0 Å². The van der Waals surface area contributed by atoms with Gasteiger partial charge in [0.2, 0.25) is 0 Å². The van der Waals surface area contributed by atoms with Crippen LogP contribution in [0, 0.1) is 3.57 Å². The smallest absolute Gasteiger partial charge is 0.161 e. The van der Waals surface area contributed by atoms with Crippen molar-refractivity contribution in [1.29, 1.82) is 0 Å². The molecule has 2 rings (SSSR count). The molecule has 0 aromatic heterocycles. The average molecular weight is 396 g/mol. The predicted molar refractivity (Wildman–Crippen MR) is 93.1 cm³/mol. The SMILES string of the molecule is COc1ccc(CN/N=C/c2ccc(I)cc2)cc1OC. The molecule has 0 atom stereocenters. The number of hydrogen-bond donors (Lipinski definition) is 1. The van der Waals surface area contributed by atoms with Crippen LogP contribution in [0.25, 0.3) is 0 Å². The van der Waals surface area contributed by atoms with E-state index in [1.165, 1.54) is 3.57 Å². The van der Waals surface area contributed by atoms with Crippen molar-refractivity contribution in [3.05, 3.63) is 57.2 Å². The highest BCUT2D eigenvalue weighted by Crippen LogP contribution is 2.27. The molecule has 0 unspecified atom stereocenters. The number of methoxy groups -OCH3 is 2. The summed E-state index contributed by atoms with van der Waals surface area (Å²) in [6, 6.07) is 14.0. The molecule has 0 radical (unpaired) electrons. The third-order valence-corrected chi connectivity index (χ3v) is 3.63. The minimum atomic E-state index is 0.626. The zero-order valence-electron chi connectivity index (χ0n) is 12.0. The summed E-state index contributed by atoms with van der Waals surface area (Å²) in [5, 5.41) is 4.22. The Morgan fingerprint density at radius 1 is 1.05 bits per heavy atom. The highest BCUT2D eigenvalue weighted by Gasteiger charge is 2.03. The standard InChI is InChI=1S/C16H17IN2O2/c1-20-15-8-5-13(9-16(15)21-2)11-19-18-10-12-3-6-14(17)7-4-12/h3-10,19H,11H2,1-2H3/b18-10+. The second-order valence-electron chi connectivity index (χ2n) is 4.33. The van der Waals surface area contributed by atoms with Gasteiger partial charge in [-0.2, -0.15) is 5.10 Å². The first-order valence-corrected chi connectivity index (χ1v) is 7.53. The summed E-state index contributed by atoms with van der Waals surface area (Å²) in [5.41, 5.74) is 5.17. The quantitative estimate of drug-likeness (QED) is 0.462. The van der Waals surface area contributed by atoms with Crippen LogP contribution in [0.4, 0.5) is 0 Å². The van der Waals surface area contributed by atoms with Crippen molar-refractivity contribution in [1.82, 2.24) is 5.43 Å². The van der Waals surface area contributed by atoms with Crippen LogP contribution in [-0.2, 0) is 6.54 Å². The van der Waals surface area contributed by atoms with E-state index in [9.17, 15) is 0 Å². The topological polar surface area (TPSA) is 42.8 Å². The van der Waals surface area contributed by atoms with Gasteiger partial charge in [-0.1, -0.05) is 18.2 Å². The molecule has 2 aromatic rings. The van der Waals surface area contributed by atoms with Gasteiger partial charge in [-0.15, -0.1) is 0 Å². The summed E-state index contributed by atoms with van der Waals surface area (Å²) in [6.45, 7) is 0.626. The molecule has 21 heavy (non-hydrogen) atoms. The first-order valence-electron chi connectivity index (χ1n) is 6.45. The number of ether oxygens (including phenoxy) is 2. The Bertz CT molecular complexity index is 612. The number of nitrogens with one attached hydrogen (secondary N) is 1. The fourth-order valence-electron chi connectivity index (χ4n) is 1.80. The van der Waals surface area contributed by atoms with Gasteiger partial charge in [0.25, 0.3) is 0 Å². The Labute approximate surface area is 138 Å². The normalized spacial score (nSPS) is 10.6. The van der Waals surface area contributed by atoms with Crippen molar-refractivity contribution in [2.75, 3.05) is 14.2 Å². The molecule has 1 N–H and O–H groups in total. The molecule has 0 heterocycles. The van der Waals surface area contributed by atoms with Gasteiger partial charge in [-0.05, 0) is 58.0 Å². The van der Waals surface area contributed by atoms with E-state index in [1.807, 2.05) is 30.3 Å². The van der Waals surface area contributed by atoms with Gasteiger partial charge in [-0.3, -0.25) is 0 Å². The van der Waals surface area contributed by atoms with E-state index in [1.54, 1.807) is 20.4 Å². The molecule has 0 aliphatic carbocycles. The van der Waals surface area contributed by atoms with Crippen LogP contribution >= 0.6 is 22.6 Å². The van der Waals surface area contributed by atoms with E-state index in [-0.39, 0.29) is 0 Å². The molecule has 4 nitrogen and oxygen atoms in total. The lowest BCUT2D eigenvalue weighted by Gasteiger charge is -2.09. The van der Waals surface area contributed by atoms with Crippen LogP contribution in [0.2, 0.25) is 0 Å². The van der Waals surface area contributed by atoms with Gasteiger partial charge in [0.1, 0.15) is 0 Å². The van der Waals surface area contributed by atoms with Crippen LogP contribution in [-0.4, -0.2) is 20.4 Å². The lowest BCUT2D eigenvalue weighted by molar-refractivity contribution is 0.354. The Hall–Kier alpha value is -1.76. The van der Waals surface area contributed by atoms with Gasteiger partial charge < -0.3 is 14.9 Å². The third-order valence-electron chi connectivity index (χ3n) is 2.91. The fourth-order valence-corrected chi connectivity index (χ4v) is 2.16. The molecule has 110 valence electrons. The number of hydrazone groups is 1. The van der Waals surface area contributed by atoms with E-state index in [4.69, 9.17) is 9.47 Å². The predicted octanol–water partition coefficient (Wildman–Crippen LogP) is 3.43. The first kappa shape index (κ1) is 15.6. The highest BCUT2D eigenvalue weighted by atomic mass is 127. The van der Waals surface area contributed by atoms with Crippen molar-refractivity contribution in [2.45, 2.75) is 6.54 Å². The molecule has 5 heteroatoms. The fraction of sp³-hybridized carbons (Fsp3) is 0.188. The molecule has 0 spiro atoms. The molecule has 0 bridgehead atoms. The monoisotopic (exact) mass is 396 g/mol. The number of halogens is 1. The maximum Gasteiger partial charge on any atom is 0.161 e. The summed E-state index contributed by atoms with van der Waals surface area (Å²) in [4.78, 5) is 0. The molecular formula is C16H17IN2O2. The van der Waals surface area contributed by atoms with Crippen LogP contribution in [0.5, 0.6) is 11.5 Å².